The molecule has 8 nitrogen and oxygen atoms in total. The summed E-state index contributed by atoms with van der Waals surface area (Å²) in [4.78, 5) is 43.4. The molecule has 3 aliphatic heterocycles. The Hall–Kier alpha value is -2.85. The lowest BCUT2D eigenvalue weighted by molar-refractivity contribution is -0.134. The predicted octanol–water partition coefficient (Wildman–Crippen LogP) is 1.86. The van der Waals surface area contributed by atoms with Gasteiger partial charge in [0.25, 0.3) is 5.91 Å². The molecule has 10 heteroatoms. The first-order valence-corrected chi connectivity index (χ1v) is 11.6. The maximum atomic E-state index is 13.8. The minimum Gasteiger partial charge on any atom is -0.379 e. The van der Waals surface area contributed by atoms with Crippen LogP contribution in [0.3, 0.4) is 0 Å². The highest BCUT2D eigenvalue weighted by Crippen LogP contribution is 2.33. The van der Waals surface area contributed by atoms with Gasteiger partial charge in [0.2, 0.25) is 5.91 Å². The molecule has 4 amide bonds. The van der Waals surface area contributed by atoms with E-state index in [9.17, 15) is 23.2 Å². The lowest BCUT2D eigenvalue weighted by Gasteiger charge is -2.38. The highest BCUT2D eigenvalue weighted by Gasteiger charge is 2.52. The van der Waals surface area contributed by atoms with Crippen LogP contribution in [-0.4, -0.2) is 90.6 Å². The first kappa shape index (κ1) is 24.3. The summed E-state index contributed by atoms with van der Waals surface area (Å²) in [5, 5.41) is 2.89. The molecule has 1 aromatic rings. The Kier molecular flexibility index (Phi) is 7.27. The molecule has 0 aliphatic carbocycles. The fourth-order valence-corrected chi connectivity index (χ4v) is 4.84. The fraction of sp³-hybridized carbons (Fsp3) is 0.542. The number of imide groups is 1. The molecular formula is C24H30F2N4O4. The van der Waals surface area contributed by atoms with Crippen LogP contribution in [0.15, 0.2) is 24.3 Å². The molecule has 3 fully saturated rings. The van der Waals surface area contributed by atoms with Crippen molar-refractivity contribution in [3.05, 3.63) is 41.5 Å². The number of hydrogen-bond acceptors (Lipinski definition) is 5. The van der Waals surface area contributed by atoms with E-state index in [2.05, 4.69) is 10.2 Å². The number of likely N-dealkylation sites (tertiary alicyclic amines) is 1. The molecule has 34 heavy (non-hydrogen) atoms. The molecule has 4 rings (SSSR count). The van der Waals surface area contributed by atoms with Gasteiger partial charge in [0, 0.05) is 57.0 Å². The SMILES string of the molecule is CC1(C2CCN(C(=O)/C=C/c3ccc(F)cc3F)CC2)NC(=O)N(CCN2CCOCC2)C1=O. The van der Waals surface area contributed by atoms with E-state index >= 15 is 0 Å². The van der Waals surface area contributed by atoms with E-state index in [1.807, 2.05) is 0 Å². The smallest absolute Gasteiger partial charge is 0.325 e. The van der Waals surface area contributed by atoms with Crippen LogP contribution >= 0.6 is 0 Å². The van der Waals surface area contributed by atoms with Crippen molar-refractivity contribution in [3.63, 3.8) is 0 Å². The molecule has 3 saturated heterocycles. The number of nitrogens with zero attached hydrogens (tertiary/aromatic N) is 3. The number of hydrogen-bond donors (Lipinski definition) is 1. The number of urea groups is 1. The zero-order valence-electron chi connectivity index (χ0n) is 19.3. The summed E-state index contributed by atoms with van der Waals surface area (Å²) >= 11 is 0. The van der Waals surface area contributed by atoms with Crippen molar-refractivity contribution in [1.82, 2.24) is 20.0 Å². The summed E-state index contributed by atoms with van der Waals surface area (Å²) < 4.78 is 32.1. The Morgan fingerprint density at radius 3 is 2.53 bits per heavy atom. The second-order valence-electron chi connectivity index (χ2n) is 9.14. The maximum Gasteiger partial charge on any atom is 0.325 e. The number of piperidine rings is 1. The number of carbonyl (C=O) groups excluding carboxylic acids is 3. The minimum absolute atomic E-state index is 0.0973. The van der Waals surface area contributed by atoms with Crippen LogP contribution in [0.4, 0.5) is 13.6 Å². The lowest BCUT2D eigenvalue weighted by Crippen LogP contribution is -2.54. The monoisotopic (exact) mass is 476 g/mol. The van der Waals surface area contributed by atoms with Gasteiger partial charge in [-0.05, 0) is 43.9 Å². The highest BCUT2D eigenvalue weighted by molar-refractivity contribution is 6.07. The largest absolute Gasteiger partial charge is 0.379 e. The average Bonchev–Trinajstić information content (AvgIpc) is 3.06. The van der Waals surface area contributed by atoms with Crippen LogP contribution in [0.1, 0.15) is 25.3 Å². The van der Waals surface area contributed by atoms with Gasteiger partial charge >= 0.3 is 6.03 Å². The predicted molar refractivity (Wildman–Crippen MR) is 121 cm³/mol. The van der Waals surface area contributed by atoms with Crippen molar-refractivity contribution in [2.24, 2.45) is 5.92 Å². The third kappa shape index (κ3) is 5.12. The number of halogens is 2. The molecule has 0 radical (unpaired) electrons. The highest BCUT2D eigenvalue weighted by atomic mass is 19.1. The van der Waals surface area contributed by atoms with Gasteiger partial charge in [-0.3, -0.25) is 19.4 Å². The van der Waals surface area contributed by atoms with Gasteiger partial charge in [-0.2, -0.15) is 0 Å². The van der Waals surface area contributed by atoms with Crippen molar-refractivity contribution in [2.45, 2.75) is 25.3 Å². The lowest BCUT2D eigenvalue weighted by atomic mass is 9.79. The van der Waals surface area contributed by atoms with Crippen molar-refractivity contribution >= 4 is 23.9 Å². The molecule has 3 heterocycles. The maximum absolute atomic E-state index is 13.8. The average molecular weight is 477 g/mol. The third-order valence-electron chi connectivity index (χ3n) is 7.04. The van der Waals surface area contributed by atoms with E-state index in [0.717, 1.165) is 25.2 Å². The zero-order chi connectivity index (χ0) is 24.3. The Morgan fingerprint density at radius 2 is 1.85 bits per heavy atom. The van der Waals surface area contributed by atoms with Crippen LogP contribution < -0.4 is 5.32 Å². The van der Waals surface area contributed by atoms with Gasteiger partial charge in [0.1, 0.15) is 17.2 Å². The minimum atomic E-state index is -0.996. The van der Waals surface area contributed by atoms with Gasteiger partial charge < -0.3 is 15.0 Å². The number of nitrogens with one attached hydrogen (secondary N) is 1. The van der Waals surface area contributed by atoms with Gasteiger partial charge in [-0.25, -0.2) is 13.6 Å². The molecule has 0 saturated carbocycles. The first-order valence-electron chi connectivity index (χ1n) is 11.6. The topological polar surface area (TPSA) is 82.2 Å². The van der Waals surface area contributed by atoms with Crippen molar-refractivity contribution in [3.8, 4) is 0 Å². The van der Waals surface area contributed by atoms with Crippen LogP contribution in [0, 0.1) is 17.6 Å². The molecule has 0 spiro atoms. The molecule has 184 valence electrons. The second kappa shape index (κ2) is 10.2. The van der Waals surface area contributed by atoms with E-state index in [1.54, 1.807) is 11.8 Å². The second-order valence-corrected chi connectivity index (χ2v) is 9.14. The molecular weight excluding hydrogens is 446 g/mol. The fourth-order valence-electron chi connectivity index (χ4n) is 4.84. The number of rotatable bonds is 6. The van der Waals surface area contributed by atoms with Crippen molar-refractivity contribution in [1.29, 1.82) is 0 Å². The summed E-state index contributed by atoms with van der Waals surface area (Å²) in [5.74, 6) is -2.00. The van der Waals surface area contributed by atoms with Crippen molar-refractivity contribution < 1.29 is 27.9 Å². The standard InChI is InChI=1S/C24H30F2N4O4/c1-24(22(32)30(23(33)27-24)11-10-28-12-14-34-15-13-28)18-6-8-29(9-7-18)21(31)5-3-17-2-4-19(25)16-20(17)26/h2-5,16,18H,6-15H2,1H3,(H,27,33)/b5-3+. The van der Waals surface area contributed by atoms with E-state index in [-0.39, 0.29) is 29.3 Å². The summed E-state index contributed by atoms with van der Waals surface area (Å²) in [6, 6.07) is 2.81. The van der Waals surface area contributed by atoms with Crippen molar-refractivity contribution in [2.75, 3.05) is 52.5 Å². The molecule has 1 atom stereocenters. The Morgan fingerprint density at radius 1 is 1.15 bits per heavy atom. The molecule has 1 unspecified atom stereocenters. The van der Waals surface area contributed by atoms with E-state index in [4.69, 9.17) is 4.74 Å². The number of amides is 4. The van der Waals surface area contributed by atoms with Gasteiger partial charge in [-0.15, -0.1) is 0 Å². The first-order chi connectivity index (χ1) is 16.3. The molecule has 3 aliphatic rings. The van der Waals surface area contributed by atoms with E-state index in [0.29, 0.717) is 52.2 Å². The summed E-state index contributed by atoms with van der Waals surface area (Å²) in [5.41, 5.74) is -0.863. The van der Waals surface area contributed by atoms with Gasteiger partial charge in [-0.1, -0.05) is 0 Å². The molecule has 1 aromatic carbocycles. The Balaban J connectivity index is 1.31. The number of carbonyl (C=O) groups is 3. The van der Waals surface area contributed by atoms with Crippen LogP contribution in [0.25, 0.3) is 6.08 Å². The van der Waals surface area contributed by atoms with Crippen LogP contribution in [-0.2, 0) is 14.3 Å². The summed E-state index contributed by atoms with van der Waals surface area (Å²) in [6.45, 7) is 6.45. The van der Waals surface area contributed by atoms with Gasteiger partial charge in [0.15, 0.2) is 0 Å². The normalized spacial score (nSPS) is 24.8. The van der Waals surface area contributed by atoms with Gasteiger partial charge in [0.05, 0.1) is 13.2 Å². The summed E-state index contributed by atoms with van der Waals surface area (Å²) in [6.07, 6.45) is 3.72. The quantitative estimate of drug-likeness (QED) is 0.501. The molecule has 1 N–H and O–H groups in total. The van der Waals surface area contributed by atoms with Crippen LogP contribution in [0.5, 0.6) is 0 Å². The third-order valence-corrected chi connectivity index (χ3v) is 7.04. The van der Waals surface area contributed by atoms with Crippen LogP contribution in [0.2, 0.25) is 0 Å². The number of benzene rings is 1. The number of morpholine rings is 1. The van der Waals surface area contributed by atoms with E-state index < -0.39 is 17.2 Å². The Bertz CT molecular complexity index is 974. The summed E-state index contributed by atoms with van der Waals surface area (Å²) in [7, 11) is 0. The zero-order valence-corrected chi connectivity index (χ0v) is 19.3. The molecule has 0 aromatic heterocycles. The number of ether oxygens (including phenoxy) is 1. The molecule has 0 bridgehead atoms. The Labute approximate surface area is 197 Å². The van der Waals surface area contributed by atoms with E-state index in [1.165, 1.54) is 23.1 Å².